The van der Waals surface area contributed by atoms with E-state index in [9.17, 15) is 4.39 Å². The molecule has 5 heteroatoms. The van der Waals surface area contributed by atoms with Crippen molar-refractivity contribution in [3.8, 4) is 0 Å². The van der Waals surface area contributed by atoms with E-state index in [1.54, 1.807) is 13.2 Å². The van der Waals surface area contributed by atoms with Gasteiger partial charge in [0.25, 0.3) is 0 Å². The van der Waals surface area contributed by atoms with E-state index in [-0.39, 0.29) is 11.4 Å². The Labute approximate surface area is 106 Å². The van der Waals surface area contributed by atoms with Gasteiger partial charge in [-0.3, -0.25) is 5.41 Å². The molecule has 1 aromatic carbocycles. The summed E-state index contributed by atoms with van der Waals surface area (Å²) in [5, 5.41) is 7.53. The molecule has 1 aliphatic carbocycles. The minimum atomic E-state index is -0.442. The minimum absolute atomic E-state index is 0.195. The maximum absolute atomic E-state index is 13.8. The van der Waals surface area contributed by atoms with Crippen LogP contribution in [0.3, 0.4) is 0 Å². The number of halogens is 1. The normalized spacial score (nSPS) is 14.6. The van der Waals surface area contributed by atoms with Gasteiger partial charge >= 0.3 is 0 Å². The first-order valence-corrected chi connectivity index (χ1v) is 6.03. The average Bonchev–Trinajstić information content (AvgIpc) is 3.13. The highest BCUT2D eigenvalue weighted by Crippen LogP contribution is 2.34. The van der Waals surface area contributed by atoms with Crippen LogP contribution >= 0.6 is 0 Å². The van der Waals surface area contributed by atoms with E-state index < -0.39 is 5.82 Å². The summed E-state index contributed by atoms with van der Waals surface area (Å²) >= 11 is 0. The third-order valence-electron chi connectivity index (χ3n) is 3.09. The number of anilines is 1. The number of nitrogens with zero attached hydrogens (tertiary/aromatic N) is 1. The summed E-state index contributed by atoms with van der Waals surface area (Å²) in [7, 11) is 1.64. The number of hydrogen-bond donors (Lipinski definition) is 2. The Morgan fingerprint density at radius 2 is 2.28 bits per heavy atom. The van der Waals surface area contributed by atoms with Gasteiger partial charge in [-0.25, -0.2) is 4.39 Å². The summed E-state index contributed by atoms with van der Waals surface area (Å²) in [6.07, 6.45) is 2.19. The summed E-state index contributed by atoms with van der Waals surface area (Å²) in [6.45, 7) is 1.26. The molecule has 1 saturated carbocycles. The lowest BCUT2D eigenvalue weighted by Gasteiger charge is -2.26. The van der Waals surface area contributed by atoms with Gasteiger partial charge in [0.1, 0.15) is 11.7 Å². The standard InChI is InChI=1S/C13H18FN3O/c1-18-8-7-17(9-5-6-9)11-4-2-3-10(14)12(11)13(15)16/h2-4,9H,5-8H2,1H3,(H3,15,16). The van der Waals surface area contributed by atoms with Crippen molar-refractivity contribution in [2.45, 2.75) is 18.9 Å². The molecule has 0 saturated heterocycles. The number of ether oxygens (including phenoxy) is 1. The Morgan fingerprint density at radius 3 is 2.83 bits per heavy atom. The monoisotopic (exact) mass is 251 g/mol. The second-order valence-corrected chi connectivity index (χ2v) is 4.47. The predicted octanol–water partition coefficient (Wildman–Crippen LogP) is 1.72. The predicted molar refractivity (Wildman–Crippen MR) is 69.7 cm³/mol. The number of nitrogen functional groups attached to an aromatic ring is 1. The quantitative estimate of drug-likeness (QED) is 0.598. The Balaban J connectivity index is 2.34. The second kappa shape index (κ2) is 5.35. The largest absolute Gasteiger partial charge is 0.384 e. The molecular formula is C13H18FN3O. The third-order valence-corrected chi connectivity index (χ3v) is 3.09. The lowest BCUT2D eigenvalue weighted by atomic mass is 10.1. The molecule has 0 aliphatic heterocycles. The van der Waals surface area contributed by atoms with Crippen LogP contribution in [-0.4, -0.2) is 32.1 Å². The van der Waals surface area contributed by atoms with Gasteiger partial charge in [-0.2, -0.15) is 0 Å². The molecule has 2 rings (SSSR count). The van der Waals surface area contributed by atoms with Crippen LogP contribution in [-0.2, 0) is 4.74 Å². The van der Waals surface area contributed by atoms with Crippen LogP contribution in [0.2, 0.25) is 0 Å². The first kappa shape index (κ1) is 12.8. The number of rotatable bonds is 6. The lowest BCUT2D eigenvalue weighted by Crippen LogP contribution is -2.32. The number of hydrogen-bond acceptors (Lipinski definition) is 3. The molecule has 0 radical (unpaired) electrons. The van der Waals surface area contributed by atoms with Crippen LogP contribution < -0.4 is 10.6 Å². The van der Waals surface area contributed by atoms with E-state index in [0.29, 0.717) is 24.9 Å². The fourth-order valence-electron chi connectivity index (χ4n) is 2.09. The highest BCUT2D eigenvalue weighted by Gasteiger charge is 2.31. The number of methoxy groups -OCH3 is 1. The first-order valence-electron chi connectivity index (χ1n) is 6.03. The topological polar surface area (TPSA) is 62.3 Å². The van der Waals surface area contributed by atoms with E-state index in [2.05, 4.69) is 4.90 Å². The second-order valence-electron chi connectivity index (χ2n) is 4.47. The van der Waals surface area contributed by atoms with Gasteiger partial charge in [-0.15, -0.1) is 0 Å². The zero-order valence-electron chi connectivity index (χ0n) is 10.4. The van der Waals surface area contributed by atoms with Crippen molar-refractivity contribution in [3.63, 3.8) is 0 Å². The van der Waals surface area contributed by atoms with Crippen LogP contribution in [0.15, 0.2) is 18.2 Å². The lowest BCUT2D eigenvalue weighted by molar-refractivity contribution is 0.205. The number of nitrogens with one attached hydrogen (secondary N) is 1. The molecule has 3 N–H and O–H groups in total. The highest BCUT2D eigenvalue weighted by atomic mass is 19.1. The van der Waals surface area contributed by atoms with E-state index >= 15 is 0 Å². The molecule has 0 heterocycles. The van der Waals surface area contributed by atoms with Gasteiger partial charge in [-0.1, -0.05) is 6.07 Å². The number of nitrogens with two attached hydrogens (primary N) is 1. The van der Waals surface area contributed by atoms with Crippen molar-refractivity contribution < 1.29 is 9.13 Å². The van der Waals surface area contributed by atoms with E-state index in [0.717, 1.165) is 12.8 Å². The molecule has 0 bridgehead atoms. The number of amidine groups is 1. The van der Waals surface area contributed by atoms with Gasteiger partial charge in [0.2, 0.25) is 0 Å². The van der Waals surface area contributed by atoms with Crippen molar-refractivity contribution in [2.75, 3.05) is 25.2 Å². The van der Waals surface area contributed by atoms with Gasteiger partial charge in [-0.05, 0) is 25.0 Å². The molecule has 0 unspecified atom stereocenters. The van der Waals surface area contributed by atoms with E-state index in [1.807, 2.05) is 6.07 Å². The highest BCUT2D eigenvalue weighted by molar-refractivity contribution is 6.00. The van der Waals surface area contributed by atoms with E-state index in [4.69, 9.17) is 15.9 Å². The van der Waals surface area contributed by atoms with Crippen LogP contribution in [0.4, 0.5) is 10.1 Å². The zero-order chi connectivity index (χ0) is 13.1. The smallest absolute Gasteiger partial charge is 0.136 e. The fraction of sp³-hybridized carbons (Fsp3) is 0.462. The molecule has 1 fully saturated rings. The molecule has 0 atom stereocenters. The van der Waals surface area contributed by atoms with Gasteiger partial charge in [0.15, 0.2) is 0 Å². The van der Waals surface area contributed by atoms with Gasteiger partial charge in [0.05, 0.1) is 17.9 Å². The maximum atomic E-state index is 13.8. The Hall–Kier alpha value is -1.62. The molecular weight excluding hydrogens is 233 g/mol. The van der Waals surface area contributed by atoms with Crippen LogP contribution in [0, 0.1) is 11.2 Å². The molecule has 18 heavy (non-hydrogen) atoms. The van der Waals surface area contributed by atoms with Crippen molar-refractivity contribution in [1.29, 1.82) is 5.41 Å². The fourth-order valence-corrected chi connectivity index (χ4v) is 2.09. The van der Waals surface area contributed by atoms with Crippen molar-refractivity contribution in [1.82, 2.24) is 0 Å². The summed E-state index contributed by atoms with van der Waals surface area (Å²) in [5.41, 5.74) is 6.38. The molecule has 98 valence electrons. The summed E-state index contributed by atoms with van der Waals surface area (Å²) in [4.78, 5) is 2.09. The maximum Gasteiger partial charge on any atom is 0.136 e. The van der Waals surface area contributed by atoms with Gasteiger partial charge < -0.3 is 15.4 Å². The molecule has 1 aromatic rings. The van der Waals surface area contributed by atoms with Gasteiger partial charge in [0, 0.05) is 19.7 Å². The Bertz CT molecular complexity index is 446. The van der Waals surface area contributed by atoms with Crippen molar-refractivity contribution >= 4 is 11.5 Å². The van der Waals surface area contributed by atoms with Crippen molar-refractivity contribution in [2.24, 2.45) is 5.73 Å². The molecule has 0 aromatic heterocycles. The Morgan fingerprint density at radius 1 is 1.56 bits per heavy atom. The molecule has 4 nitrogen and oxygen atoms in total. The first-order chi connectivity index (χ1) is 8.65. The molecule has 1 aliphatic rings. The SMILES string of the molecule is COCCN(c1cccc(F)c1C(=N)N)C1CC1. The summed E-state index contributed by atoms with van der Waals surface area (Å²) < 4.78 is 18.9. The average molecular weight is 251 g/mol. The van der Waals surface area contributed by atoms with Crippen molar-refractivity contribution in [3.05, 3.63) is 29.6 Å². The van der Waals surface area contributed by atoms with Crippen LogP contribution in [0.1, 0.15) is 18.4 Å². The van der Waals surface area contributed by atoms with E-state index in [1.165, 1.54) is 6.07 Å². The Kier molecular flexibility index (Phi) is 3.81. The minimum Gasteiger partial charge on any atom is -0.384 e. The molecule has 0 amide bonds. The zero-order valence-corrected chi connectivity index (χ0v) is 10.4. The van der Waals surface area contributed by atoms with Crippen LogP contribution in [0.5, 0.6) is 0 Å². The summed E-state index contributed by atoms with van der Waals surface area (Å²) in [5.74, 6) is -0.672. The molecule has 0 spiro atoms. The van der Waals surface area contributed by atoms with Crippen LogP contribution in [0.25, 0.3) is 0 Å². The third kappa shape index (κ3) is 2.61. The number of benzene rings is 1. The summed E-state index contributed by atoms with van der Waals surface area (Å²) in [6, 6.07) is 5.22.